The van der Waals surface area contributed by atoms with E-state index in [1.54, 1.807) is 12.1 Å². The molecule has 0 saturated carbocycles. The van der Waals surface area contributed by atoms with Crippen LogP contribution < -0.4 is 5.32 Å². The smallest absolute Gasteiger partial charge is 0.270 e. The van der Waals surface area contributed by atoms with Gasteiger partial charge in [-0.05, 0) is 36.1 Å². The van der Waals surface area contributed by atoms with E-state index in [0.717, 1.165) is 12.8 Å². The zero-order chi connectivity index (χ0) is 17.4. The Kier molecular flexibility index (Phi) is 3.55. The first-order valence-corrected chi connectivity index (χ1v) is 7.99. The molecule has 1 heterocycles. The van der Waals surface area contributed by atoms with E-state index in [2.05, 4.69) is 28.5 Å². The summed E-state index contributed by atoms with van der Waals surface area (Å²) in [7, 11) is 0. The number of nitriles is 1. The Balaban J connectivity index is 1.73. The van der Waals surface area contributed by atoms with Crippen LogP contribution in [-0.2, 0) is 6.42 Å². The van der Waals surface area contributed by atoms with Gasteiger partial charge in [0, 0.05) is 17.5 Å². The first kappa shape index (κ1) is 15.1. The summed E-state index contributed by atoms with van der Waals surface area (Å²) in [4.78, 5) is 15.0. The van der Waals surface area contributed by atoms with Gasteiger partial charge < -0.3 is 5.32 Å². The molecular weight excluding hydrogens is 316 g/mol. The number of non-ortho nitro benzene ring substituents is 1. The fraction of sp³-hybridized carbons (Fsp3) is 0.158. The predicted molar refractivity (Wildman–Crippen MR) is 94.2 cm³/mol. The van der Waals surface area contributed by atoms with Gasteiger partial charge in [0.05, 0.1) is 28.1 Å². The summed E-state index contributed by atoms with van der Waals surface area (Å²) in [6, 6.07) is 16.6. The summed E-state index contributed by atoms with van der Waals surface area (Å²) >= 11 is 0. The number of nitrogens with zero attached hydrogens (tertiary/aromatic N) is 3. The molecule has 1 aliphatic carbocycles. The third-order valence-corrected chi connectivity index (χ3v) is 4.58. The molecule has 1 atom stereocenters. The third kappa shape index (κ3) is 2.66. The Hall–Kier alpha value is -3.46. The minimum atomic E-state index is -0.470. The number of benzene rings is 2. The van der Waals surface area contributed by atoms with Crippen molar-refractivity contribution >= 4 is 22.4 Å². The Morgan fingerprint density at radius 2 is 2.08 bits per heavy atom. The van der Waals surface area contributed by atoms with Crippen LogP contribution in [0, 0.1) is 21.4 Å². The molecule has 0 saturated heterocycles. The molecule has 1 aliphatic rings. The zero-order valence-corrected chi connectivity index (χ0v) is 13.3. The lowest BCUT2D eigenvalue weighted by molar-refractivity contribution is -0.384. The van der Waals surface area contributed by atoms with Crippen LogP contribution >= 0.6 is 0 Å². The van der Waals surface area contributed by atoms with Gasteiger partial charge in [-0.15, -0.1) is 0 Å². The fourth-order valence-electron chi connectivity index (χ4n) is 3.38. The van der Waals surface area contributed by atoms with Gasteiger partial charge in [-0.1, -0.05) is 24.3 Å². The largest absolute Gasteiger partial charge is 0.363 e. The maximum Gasteiger partial charge on any atom is 0.270 e. The summed E-state index contributed by atoms with van der Waals surface area (Å²) < 4.78 is 0. The van der Waals surface area contributed by atoms with Gasteiger partial charge in [0.25, 0.3) is 5.69 Å². The van der Waals surface area contributed by atoms with Crippen LogP contribution in [0.25, 0.3) is 10.9 Å². The molecule has 3 aromatic rings. The van der Waals surface area contributed by atoms with Crippen molar-refractivity contribution in [2.45, 2.75) is 18.9 Å². The Bertz CT molecular complexity index is 1040. The summed E-state index contributed by atoms with van der Waals surface area (Å²) in [5, 5.41) is 24.3. The van der Waals surface area contributed by atoms with Crippen LogP contribution in [0.4, 0.5) is 11.5 Å². The molecular formula is C19H14N4O2. The molecule has 1 unspecified atom stereocenters. The predicted octanol–water partition coefficient (Wildman–Crippen LogP) is 4.11. The van der Waals surface area contributed by atoms with E-state index in [1.807, 2.05) is 12.1 Å². The molecule has 0 fully saturated rings. The van der Waals surface area contributed by atoms with Gasteiger partial charge in [0.1, 0.15) is 5.82 Å². The molecule has 122 valence electrons. The lowest BCUT2D eigenvalue weighted by atomic mass is 10.1. The number of hydrogen-bond donors (Lipinski definition) is 1. The van der Waals surface area contributed by atoms with Crippen LogP contribution in [0.3, 0.4) is 0 Å². The number of hydrogen-bond acceptors (Lipinski definition) is 5. The van der Waals surface area contributed by atoms with Gasteiger partial charge in [-0.3, -0.25) is 10.1 Å². The van der Waals surface area contributed by atoms with Crippen molar-refractivity contribution in [3.05, 3.63) is 75.3 Å². The first-order chi connectivity index (χ1) is 12.2. The standard InChI is InChI=1S/C19H14N4O2/c20-11-13-9-19(21-17-7-5-12-3-1-2-4-15(12)17)22-18-8-6-14(23(24)25)10-16(13)18/h1-4,6,8-10,17H,5,7H2,(H,21,22). The van der Waals surface area contributed by atoms with E-state index in [9.17, 15) is 15.4 Å². The number of fused-ring (bicyclic) bond motifs is 2. The van der Waals surface area contributed by atoms with Crippen molar-refractivity contribution in [3.63, 3.8) is 0 Å². The van der Waals surface area contributed by atoms with Crippen molar-refractivity contribution in [1.82, 2.24) is 4.98 Å². The number of aromatic nitrogens is 1. The minimum Gasteiger partial charge on any atom is -0.363 e. The highest BCUT2D eigenvalue weighted by Crippen LogP contribution is 2.34. The monoisotopic (exact) mass is 330 g/mol. The number of pyridine rings is 1. The van der Waals surface area contributed by atoms with Crippen molar-refractivity contribution in [2.24, 2.45) is 0 Å². The van der Waals surface area contributed by atoms with Crippen molar-refractivity contribution in [1.29, 1.82) is 5.26 Å². The average molecular weight is 330 g/mol. The molecule has 4 rings (SSSR count). The minimum absolute atomic E-state index is 0.0452. The Labute approximate surface area is 143 Å². The molecule has 0 aliphatic heterocycles. The molecule has 1 aromatic heterocycles. The van der Waals surface area contributed by atoms with E-state index >= 15 is 0 Å². The SMILES string of the molecule is N#Cc1cc(NC2CCc3ccccc32)nc2ccc([N+](=O)[O-])cc12. The highest BCUT2D eigenvalue weighted by Gasteiger charge is 2.22. The summed E-state index contributed by atoms with van der Waals surface area (Å²) in [6.07, 6.45) is 1.99. The number of anilines is 1. The second kappa shape index (κ2) is 5.87. The van der Waals surface area contributed by atoms with Crippen molar-refractivity contribution in [3.8, 4) is 6.07 Å². The number of aryl methyl sites for hydroxylation is 1. The lowest BCUT2D eigenvalue weighted by Gasteiger charge is -2.15. The number of nitro benzene ring substituents is 1. The van der Waals surface area contributed by atoms with Crippen LogP contribution in [0.2, 0.25) is 0 Å². The summed E-state index contributed by atoms with van der Waals surface area (Å²) in [5.41, 5.74) is 3.49. The maximum absolute atomic E-state index is 10.9. The summed E-state index contributed by atoms with van der Waals surface area (Å²) in [6.45, 7) is 0. The molecule has 6 nitrogen and oxygen atoms in total. The van der Waals surface area contributed by atoms with Crippen molar-refractivity contribution < 1.29 is 4.92 Å². The van der Waals surface area contributed by atoms with Crippen LogP contribution in [0.1, 0.15) is 29.2 Å². The highest BCUT2D eigenvalue weighted by atomic mass is 16.6. The average Bonchev–Trinajstić information content (AvgIpc) is 3.03. The quantitative estimate of drug-likeness (QED) is 0.576. The van der Waals surface area contributed by atoms with Gasteiger partial charge >= 0.3 is 0 Å². The van der Waals surface area contributed by atoms with Crippen molar-refractivity contribution in [2.75, 3.05) is 5.32 Å². The lowest BCUT2D eigenvalue weighted by Crippen LogP contribution is -2.08. The molecule has 0 radical (unpaired) electrons. The second-order valence-electron chi connectivity index (χ2n) is 6.06. The van der Waals surface area contributed by atoms with Crippen LogP contribution in [0.15, 0.2) is 48.5 Å². The number of rotatable bonds is 3. The molecule has 0 amide bonds. The van der Waals surface area contributed by atoms with Gasteiger partial charge in [-0.25, -0.2) is 4.98 Å². The zero-order valence-electron chi connectivity index (χ0n) is 13.3. The van der Waals surface area contributed by atoms with E-state index in [1.165, 1.54) is 23.3 Å². The van der Waals surface area contributed by atoms with Crippen LogP contribution in [-0.4, -0.2) is 9.91 Å². The maximum atomic E-state index is 10.9. The molecule has 6 heteroatoms. The van der Waals surface area contributed by atoms with Gasteiger partial charge in [0.15, 0.2) is 0 Å². The fourth-order valence-corrected chi connectivity index (χ4v) is 3.38. The molecule has 0 spiro atoms. The van der Waals surface area contributed by atoms with E-state index in [-0.39, 0.29) is 11.7 Å². The first-order valence-electron chi connectivity index (χ1n) is 7.99. The van der Waals surface area contributed by atoms with Crippen LogP contribution in [0.5, 0.6) is 0 Å². The Morgan fingerprint density at radius 1 is 1.24 bits per heavy atom. The number of nitrogens with one attached hydrogen (secondary N) is 1. The molecule has 1 N–H and O–H groups in total. The topological polar surface area (TPSA) is 91.8 Å². The van der Waals surface area contributed by atoms with Gasteiger partial charge in [-0.2, -0.15) is 5.26 Å². The van der Waals surface area contributed by atoms with E-state index in [0.29, 0.717) is 22.3 Å². The Morgan fingerprint density at radius 3 is 2.88 bits per heavy atom. The number of nitro groups is 1. The highest BCUT2D eigenvalue weighted by molar-refractivity contribution is 5.88. The second-order valence-corrected chi connectivity index (χ2v) is 6.06. The normalized spacial score (nSPS) is 15.6. The third-order valence-electron chi connectivity index (χ3n) is 4.58. The summed E-state index contributed by atoms with van der Waals surface area (Å²) in [5.74, 6) is 0.611. The molecule has 0 bridgehead atoms. The van der Waals surface area contributed by atoms with Gasteiger partial charge in [0.2, 0.25) is 0 Å². The van der Waals surface area contributed by atoms with E-state index in [4.69, 9.17) is 0 Å². The van der Waals surface area contributed by atoms with E-state index < -0.39 is 4.92 Å². The molecule has 25 heavy (non-hydrogen) atoms. The molecule has 2 aromatic carbocycles.